The highest BCUT2D eigenvalue weighted by Gasteiger charge is 2.28. The number of carbonyl (C=O) groups is 2. The largest absolute Gasteiger partial charge is 0.368 e. The molecule has 2 atom stereocenters. The molecule has 2 amide bonds. The van der Waals surface area contributed by atoms with Gasteiger partial charge in [0.2, 0.25) is 17.6 Å². The van der Waals surface area contributed by atoms with E-state index < -0.39 is 56.5 Å². The Hall–Kier alpha value is -4.45. The normalized spacial score (nSPS) is 12.6. The smallest absolute Gasteiger partial charge is 0.311 e. The van der Waals surface area contributed by atoms with Crippen molar-refractivity contribution in [1.82, 2.24) is 5.32 Å². The molecule has 0 radical (unpaired) electrons. The summed E-state index contributed by atoms with van der Waals surface area (Å²) >= 11 is 0. The summed E-state index contributed by atoms with van der Waals surface area (Å²) < 4.78 is 14.0. The van der Waals surface area contributed by atoms with Gasteiger partial charge in [-0.15, -0.1) is 0 Å². The molecule has 0 fully saturated rings. The van der Waals surface area contributed by atoms with E-state index in [1.54, 1.807) is 12.1 Å². The van der Waals surface area contributed by atoms with Crippen LogP contribution >= 0.6 is 0 Å². The Morgan fingerprint density at radius 3 is 2.29 bits per heavy atom. The molecule has 12 heteroatoms. The second kappa shape index (κ2) is 10.0. The number of benzene rings is 3. The molecular formula is C22H20FN5O6. The highest BCUT2D eigenvalue weighted by molar-refractivity contribution is 6.03. The van der Waals surface area contributed by atoms with E-state index in [9.17, 15) is 34.2 Å². The monoisotopic (exact) mass is 469 g/mol. The molecule has 0 bridgehead atoms. The van der Waals surface area contributed by atoms with E-state index in [0.717, 1.165) is 10.8 Å². The molecular weight excluding hydrogens is 449 g/mol. The number of imide groups is 1. The van der Waals surface area contributed by atoms with E-state index in [1.807, 2.05) is 30.3 Å². The van der Waals surface area contributed by atoms with Crippen molar-refractivity contribution < 1.29 is 23.8 Å². The van der Waals surface area contributed by atoms with Crippen LogP contribution in [0.5, 0.6) is 0 Å². The molecule has 3 aromatic carbocycles. The Kier molecular flexibility index (Phi) is 7.12. The molecule has 34 heavy (non-hydrogen) atoms. The van der Waals surface area contributed by atoms with Gasteiger partial charge in [0.1, 0.15) is 11.7 Å². The molecule has 3 rings (SSSR count). The number of nitrogens with one attached hydrogen (secondary N) is 2. The van der Waals surface area contributed by atoms with Crippen molar-refractivity contribution in [3.63, 3.8) is 0 Å². The van der Waals surface area contributed by atoms with Crippen molar-refractivity contribution in [1.29, 1.82) is 0 Å². The fraction of sp³-hybridized carbons (Fsp3) is 0.182. The van der Waals surface area contributed by atoms with Gasteiger partial charge >= 0.3 is 5.69 Å². The van der Waals surface area contributed by atoms with Crippen LogP contribution in [-0.2, 0) is 9.59 Å². The van der Waals surface area contributed by atoms with Crippen LogP contribution in [0.25, 0.3) is 10.8 Å². The van der Waals surface area contributed by atoms with Crippen LogP contribution in [0, 0.1) is 26.0 Å². The molecule has 0 aliphatic carbocycles. The number of nitrogens with zero attached hydrogens (tertiary/aromatic N) is 2. The van der Waals surface area contributed by atoms with Crippen LogP contribution in [0.4, 0.5) is 21.5 Å². The van der Waals surface area contributed by atoms with Crippen LogP contribution in [0.3, 0.4) is 0 Å². The zero-order chi connectivity index (χ0) is 25.0. The third-order valence-corrected chi connectivity index (χ3v) is 5.22. The van der Waals surface area contributed by atoms with Gasteiger partial charge in [0.25, 0.3) is 5.69 Å². The van der Waals surface area contributed by atoms with Crippen LogP contribution in [0.2, 0.25) is 0 Å². The Bertz CT molecular complexity index is 1290. The van der Waals surface area contributed by atoms with E-state index >= 15 is 0 Å². The molecule has 4 N–H and O–H groups in total. The molecule has 0 heterocycles. The minimum absolute atomic E-state index is 0.0893. The molecule has 11 nitrogen and oxygen atoms in total. The molecule has 0 spiro atoms. The first kappa shape index (κ1) is 24.2. The van der Waals surface area contributed by atoms with Gasteiger partial charge in [0.05, 0.1) is 21.8 Å². The van der Waals surface area contributed by atoms with E-state index in [4.69, 9.17) is 5.73 Å². The van der Waals surface area contributed by atoms with Gasteiger partial charge in [0, 0.05) is 12.6 Å². The average molecular weight is 469 g/mol. The molecule has 3 aromatic rings. The Morgan fingerprint density at radius 1 is 1.00 bits per heavy atom. The molecule has 0 aliphatic rings. The van der Waals surface area contributed by atoms with Crippen LogP contribution in [-0.4, -0.2) is 34.2 Å². The third-order valence-electron chi connectivity index (χ3n) is 5.22. The maximum atomic E-state index is 14.0. The summed E-state index contributed by atoms with van der Waals surface area (Å²) in [5.41, 5.74) is 4.12. The van der Waals surface area contributed by atoms with Crippen molar-refractivity contribution in [2.75, 3.05) is 11.9 Å². The van der Waals surface area contributed by atoms with Gasteiger partial charge in [-0.3, -0.25) is 35.1 Å². The van der Waals surface area contributed by atoms with E-state index in [1.165, 1.54) is 6.92 Å². The van der Waals surface area contributed by atoms with Crippen molar-refractivity contribution in [2.45, 2.75) is 18.9 Å². The number of halogens is 1. The van der Waals surface area contributed by atoms with Crippen molar-refractivity contribution in [2.24, 2.45) is 5.73 Å². The average Bonchev–Trinajstić information content (AvgIpc) is 2.79. The van der Waals surface area contributed by atoms with E-state index in [-0.39, 0.29) is 6.54 Å². The number of hydrogen-bond donors (Lipinski definition) is 3. The summed E-state index contributed by atoms with van der Waals surface area (Å²) in [6, 6.07) is 12.5. The molecule has 0 aliphatic heterocycles. The topological polar surface area (TPSA) is 170 Å². The van der Waals surface area contributed by atoms with Gasteiger partial charge < -0.3 is 11.1 Å². The summed E-state index contributed by atoms with van der Waals surface area (Å²) in [6.45, 7) is 1.20. The zero-order valence-electron chi connectivity index (χ0n) is 17.9. The lowest BCUT2D eigenvalue weighted by Gasteiger charge is -2.19. The SMILES string of the molecule is C[C@H](Nc1cc(F)c([N+](=O)[O-])cc1[N+](=O)[O-])C(=O)NC(=O)[C@@H](CN)c1cccc2ccccc12. The lowest BCUT2D eigenvalue weighted by Crippen LogP contribution is -2.44. The molecule has 176 valence electrons. The van der Waals surface area contributed by atoms with Gasteiger partial charge in [0.15, 0.2) is 0 Å². The summed E-state index contributed by atoms with van der Waals surface area (Å²) in [6.07, 6.45) is 0. The maximum absolute atomic E-state index is 14.0. The predicted molar refractivity (Wildman–Crippen MR) is 122 cm³/mol. The third kappa shape index (κ3) is 4.96. The summed E-state index contributed by atoms with van der Waals surface area (Å²) in [7, 11) is 0. The number of fused-ring (bicyclic) bond motifs is 1. The number of anilines is 1. The molecule has 0 saturated carbocycles. The summed E-state index contributed by atoms with van der Waals surface area (Å²) in [5.74, 6) is -3.70. The number of hydrogen-bond acceptors (Lipinski definition) is 8. The van der Waals surface area contributed by atoms with Gasteiger partial charge in [-0.2, -0.15) is 4.39 Å². The number of nitro benzene ring substituents is 2. The first-order valence-electron chi connectivity index (χ1n) is 10.0. The second-order valence-electron chi connectivity index (χ2n) is 7.41. The van der Waals surface area contributed by atoms with Crippen LogP contribution in [0.15, 0.2) is 54.6 Å². The number of amides is 2. The lowest BCUT2D eigenvalue weighted by atomic mass is 9.92. The van der Waals surface area contributed by atoms with Crippen molar-refractivity contribution in [3.8, 4) is 0 Å². The first-order valence-corrected chi connectivity index (χ1v) is 10.0. The number of nitro groups is 2. The fourth-order valence-electron chi connectivity index (χ4n) is 3.50. The molecule has 0 saturated heterocycles. The number of nitrogens with two attached hydrogens (primary N) is 1. The molecule has 0 aromatic heterocycles. The van der Waals surface area contributed by atoms with E-state index in [0.29, 0.717) is 17.7 Å². The Labute approximate surface area is 192 Å². The highest BCUT2D eigenvalue weighted by Crippen LogP contribution is 2.32. The van der Waals surface area contributed by atoms with Gasteiger partial charge in [-0.1, -0.05) is 42.5 Å². The zero-order valence-corrected chi connectivity index (χ0v) is 17.9. The minimum Gasteiger partial charge on any atom is -0.368 e. The lowest BCUT2D eigenvalue weighted by molar-refractivity contribution is -0.395. The number of carbonyl (C=O) groups excluding carboxylic acids is 2. The maximum Gasteiger partial charge on any atom is 0.311 e. The fourth-order valence-corrected chi connectivity index (χ4v) is 3.50. The summed E-state index contributed by atoms with van der Waals surface area (Å²) in [4.78, 5) is 45.6. The highest BCUT2D eigenvalue weighted by atomic mass is 19.1. The standard InChI is InChI=1S/C22H20FN5O6/c1-12(25-18-9-17(23)19(27(31)32)10-20(18)28(33)34)21(29)26-22(30)16(11-24)15-8-4-6-13-5-2-3-7-14(13)15/h2-10,12,16,25H,11,24H2,1H3,(H,26,29,30)/t12-,16-/m0/s1. The van der Waals surface area contributed by atoms with Crippen LogP contribution < -0.4 is 16.4 Å². The second-order valence-corrected chi connectivity index (χ2v) is 7.41. The van der Waals surface area contributed by atoms with Crippen molar-refractivity contribution in [3.05, 3.63) is 86.2 Å². The first-order chi connectivity index (χ1) is 16.1. The Morgan fingerprint density at radius 2 is 1.65 bits per heavy atom. The quantitative estimate of drug-likeness (QED) is 0.334. The van der Waals surface area contributed by atoms with Gasteiger partial charge in [-0.25, -0.2) is 0 Å². The Balaban J connectivity index is 1.80. The predicted octanol–water partition coefficient (Wildman–Crippen LogP) is 2.98. The molecule has 0 unspecified atom stereocenters. The van der Waals surface area contributed by atoms with E-state index in [2.05, 4.69) is 10.6 Å². The van der Waals surface area contributed by atoms with Crippen LogP contribution in [0.1, 0.15) is 18.4 Å². The number of rotatable bonds is 8. The van der Waals surface area contributed by atoms with Crippen molar-refractivity contribution >= 4 is 39.6 Å². The minimum atomic E-state index is -1.32. The van der Waals surface area contributed by atoms with Gasteiger partial charge in [-0.05, 0) is 23.3 Å². The summed E-state index contributed by atoms with van der Waals surface area (Å²) in [5, 5.41) is 28.5.